The third-order valence-corrected chi connectivity index (χ3v) is 3.79. The molecule has 6 nitrogen and oxygen atoms in total. The van der Waals surface area contributed by atoms with E-state index in [9.17, 15) is 14.3 Å². The predicted octanol–water partition coefficient (Wildman–Crippen LogP) is 2.05. The fraction of sp³-hybridized carbons (Fsp3) is 0.222. The van der Waals surface area contributed by atoms with Gasteiger partial charge in [-0.1, -0.05) is 18.2 Å². The van der Waals surface area contributed by atoms with Crippen molar-refractivity contribution in [1.29, 1.82) is 0 Å². The van der Waals surface area contributed by atoms with E-state index in [2.05, 4.69) is 15.6 Å². The molecule has 0 bridgehead atoms. The Hall–Kier alpha value is -2.93. The van der Waals surface area contributed by atoms with Gasteiger partial charge in [-0.25, -0.2) is 14.2 Å². The topological polar surface area (TPSA) is 78.7 Å². The molecule has 3 N–H and O–H groups in total. The van der Waals surface area contributed by atoms with Gasteiger partial charge in [0.05, 0.1) is 11.8 Å². The van der Waals surface area contributed by atoms with Crippen molar-refractivity contribution < 1.29 is 14.3 Å². The summed E-state index contributed by atoms with van der Waals surface area (Å²) in [7, 11) is 0. The quantitative estimate of drug-likeness (QED) is 0.641. The number of aromatic nitrogens is 2. The first-order chi connectivity index (χ1) is 12.1. The Kier molecular flexibility index (Phi) is 5.25. The first-order valence-electron chi connectivity index (χ1n) is 7.99. The number of amides is 2. The van der Waals surface area contributed by atoms with Crippen molar-refractivity contribution in [3.63, 3.8) is 0 Å². The van der Waals surface area contributed by atoms with Crippen LogP contribution in [0.4, 0.5) is 9.18 Å². The lowest BCUT2D eigenvalue weighted by Gasteiger charge is -2.12. The van der Waals surface area contributed by atoms with Gasteiger partial charge in [-0.15, -0.1) is 0 Å². The van der Waals surface area contributed by atoms with Crippen LogP contribution in [-0.4, -0.2) is 33.6 Å². The molecule has 1 unspecified atom stereocenters. The van der Waals surface area contributed by atoms with Gasteiger partial charge in [-0.05, 0) is 29.8 Å². The van der Waals surface area contributed by atoms with E-state index in [1.54, 1.807) is 0 Å². The van der Waals surface area contributed by atoms with Gasteiger partial charge in [0, 0.05) is 31.9 Å². The molecule has 2 amide bonds. The fourth-order valence-corrected chi connectivity index (χ4v) is 2.47. The molecular weight excluding hydrogens is 323 g/mol. The lowest BCUT2D eigenvalue weighted by Crippen LogP contribution is -2.38. The lowest BCUT2D eigenvalue weighted by atomic mass is 10.1. The number of urea groups is 1. The van der Waals surface area contributed by atoms with E-state index in [1.165, 1.54) is 24.3 Å². The van der Waals surface area contributed by atoms with Gasteiger partial charge in [0.2, 0.25) is 0 Å². The average molecular weight is 342 g/mol. The van der Waals surface area contributed by atoms with Gasteiger partial charge in [-0.2, -0.15) is 0 Å². The molecule has 2 heterocycles. The summed E-state index contributed by atoms with van der Waals surface area (Å²) < 4.78 is 14.8. The normalized spacial score (nSPS) is 12.1. The van der Waals surface area contributed by atoms with Crippen LogP contribution in [0.25, 0.3) is 5.65 Å². The number of nitrogens with zero attached hydrogens (tertiary/aromatic N) is 2. The van der Waals surface area contributed by atoms with E-state index in [0.29, 0.717) is 18.5 Å². The minimum atomic E-state index is -0.884. The molecule has 0 saturated heterocycles. The van der Waals surface area contributed by atoms with Gasteiger partial charge in [0.15, 0.2) is 0 Å². The van der Waals surface area contributed by atoms with Crippen LogP contribution in [0.3, 0.4) is 0 Å². The van der Waals surface area contributed by atoms with E-state index >= 15 is 0 Å². The monoisotopic (exact) mass is 342 g/mol. The van der Waals surface area contributed by atoms with Crippen molar-refractivity contribution in [2.45, 2.75) is 12.5 Å². The van der Waals surface area contributed by atoms with Crippen molar-refractivity contribution in [2.24, 2.45) is 0 Å². The van der Waals surface area contributed by atoms with Crippen LogP contribution in [0.5, 0.6) is 0 Å². The van der Waals surface area contributed by atoms with Crippen LogP contribution in [0.15, 0.2) is 54.9 Å². The Morgan fingerprint density at radius 2 is 2.00 bits per heavy atom. The molecule has 130 valence electrons. The number of pyridine rings is 1. The third kappa shape index (κ3) is 4.54. The molecule has 1 aromatic carbocycles. The highest BCUT2D eigenvalue weighted by atomic mass is 19.1. The largest absolute Gasteiger partial charge is 0.387 e. The Morgan fingerprint density at radius 3 is 2.76 bits per heavy atom. The third-order valence-electron chi connectivity index (χ3n) is 3.79. The van der Waals surface area contributed by atoms with Crippen molar-refractivity contribution in [3.8, 4) is 0 Å². The molecule has 0 aliphatic heterocycles. The van der Waals surface area contributed by atoms with Gasteiger partial charge < -0.3 is 20.1 Å². The summed E-state index contributed by atoms with van der Waals surface area (Å²) in [6, 6.07) is 10.9. The zero-order chi connectivity index (χ0) is 17.6. The first-order valence-corrected chi connectivity index (χ1v) is 7.99. The number of carbonyl (C=O) groups excluding carboxylic acids is 1. The number of aliphatic hydroxyl groups excluding tert-OH is 1. The minimum absolute atomic E-state index is 0.0475. The summed E-state index contributed by atoms with van der Waals surface area (Å²) in [6.45, 7) is 0.480. The highest BCUT2D eigenvalue weighted by molar-refractivity contribution is 5.73. The molecule has 0 aliphatic rings. The Bertz CT molecular complexity index is 815. The van der Waals surface area contributed by atoms with E-state index in [1.807, 2.05) is 35.0 Å². The number of hydrogen-bond donors (Lipinski definition) is 3. The highest BCUT2D eigenvalue weighted by Gasteiger charge is 2.09. The van der Waals surface area contributed by atoms with E-state index in [0.717, 1.165) is 11.3 Å². The maximum absolute atomic E-state index is 12.8. The predicted molar refractivity (Wildman–Crippen MR) is 91.7 cm³/mol. The number of aliphatic hydroxyl groups is 1. The van der Waals surface area contributed by atoms with Crippen LogP contribution in [0, 0.1) is 5.82 Å². The van der Waals surface area contributed by atoms with Crippen molar-refractivity contribution >= 4 is 11.7 Å². The molecule has 1 atom stereocenters. The van der Waals surface area contributed by atoms with Crippen LogP contribution in [0.2, 0.25) is 0 Å². The molecule has 2 aromatic heterocycles. The summed E-state index contributed by atoms with van der Waals surface area (Å²) in [5.74, 6) is -0.367. The van der Waals surface area contributed by atoms with Crippen LogP contribution in [-0.2, 0) is 6.42 Å². The molecule has 25 heavy (non-hydrogen) atoms. The zero-order valence-electron chi connectivity index (χ0n) is 13.5. The van der Waals surface area contributed by atoms with Crippen LogP contribution in [0.1, 0.15) is 17.4 Å². The standard InChI is InChI=1S/C18H19FN4O2/c19-14-6-4-13(5-7-14)16(24)11-21-18(25)20-9-8-15-12-23-10-2-1-3-17(23)22-15/h1-7,10,12,16,24H,8-9,11H2,(H2,20,21,25). The Morgan fingerprint density at radius 1 is 1.20 bits per heavy atom. The van der Waals surface area contributed by atoms with Gasteiger partial charge in [-0.3, -0.25) is 0 Å². The maximum Gasteiger partial charge on any atom is 0.314 e. The number of nitrogens with one attached hydrogen (secondary N) is 2. The highest BCUT2D eigenvalue weighted by Crippen LogP contribution is 2.12. The average Bonchev–Trinajstić information content (AvgIpc) is 3.03. The second kappa shape index (κ2) is 7.76. The summed E-state index contributed by atoms with van der Waals surface area (Å²) >= 11 is 0. The molecule has 0 aliphatic carbocycles. The molecule has 3 aromatic rings. The Labute approximate surface area is 144 Å². The fourth-order valence-electron chi connectivity index (χ4n) is 2.47. The smallest absolute Gasteiger partial charge is 0.314 e. The van der Waals surface area contributed by atoms with Crippen molar-refractivity contribution in [2.75, 3.05) is 13.1 Å². The summed E-state index contributed by atoms with van der Waals surface area (Å²) in [6.07, 6.45) is 3.57. The van der Waals surface area contributed by atoms with E-state index in [-0.39, 0.29) is 18.4 Å². The lowest BCUT2D eigenvalue weighted by molar-refractivity contribution is 0.173. The number of benzene rings is 1. The number of fused-ring (bicyclic) bond motifs is 1. The van der Waals surface area contributed by atoms with Gasteiger partial charge in [0.25, 0.3) is 0 Å². The first kappa shape index (κ1) is 16.9. The molecule has 0 fully saturated rings. The number of rotatable bonds is 6. The SMILES string of the molecule is O=C(NCCc1cn2ccccc2n1)NCC(O)c1ccc(F)cc1. The van der Waals surface area contributed by atoms with E-state index in [4.69, 9.17) is 0 Å². The summed E-state index contributed by atoms with van der Waals surface area (Å²) in [4.78, 5) is 16.2. The molecule has 0 radical (unpaired) electrons. The minimum Gasteiger partial charge on any atom is -0.387 e. The van der Waals surface area contributed by atoms with Crippen molar-refractivity contribution in [1.82, 2.24) is 20.0 Å². The molecule has 3 rings (SSSR count). The number of hydrogen-bond acceptors (Lipinski definition) is 3. The van der Waals surface area contributed by atoms with Gasteiger partial charge >= 0.3 is 6.03 Å². The summed E-state index contributed by atoms with van der Waals surface area (Å²) in [5, 5.41) is 15.3. The number of carbonyl (C=O) groups is 1. The summed E-state index contributed by atoms with van der Waals surface area (Å²) in [5.41, 5.74) is 2.30. The maximum atomic E-state index is 12.8. The van der Waals surface area contributed by atoms with Crippen LogP contribution >= 0.6 is 0 Å². The molecule has 0 spiro atoms. The molecule has 0 saturated carbocycles. The molecule has 7 heteroatoms. The Balaban J connectivity index is 1.41. The van der Waals surface area contributed by atoms with Gasteiger partial charge in [0.1, 0.15) is 11.5 Å². The second-order valence-electron chi connectivity index (χ2n) is 5.65. The van der Waals surface area contributed by atoms with E-state index < -0.39 is 6.10 Å². The molecular formula is C18H19FN4O2. The number of halogens is 1. The second-order valence-corrected chi connectivity index (χ2v) is 5.65. The van der Waals surface area contributed by atoms with Crippen molar-refractivity contribution in [3.05, 3.63) is 71.9 Å². The van der Waals surface area contributed by atoms with Crippen LogP contribution < -0.4 is 10.6 Å². The number of imidazole rings is 1. The zero-order valence-corrected chi connectivity index (χ0v) is 13.5.